The maximum Gasteiger partial charge on any atom is 0.415 e. The van der Waals surface area contributed by atoms with Crippen LogP contribution in [0.4, 0.5) is 22.1 Å². The molecule has 4 aromatic rings. The van der Waals surface area contributed by atoms with Gasteiger partial charge in [-0.25, -0.2) is 19.3 Å². The number of amides is 1. The molecule has 3 aromatic heterocycles. The molecule has 202 valence electrons. The van der Waals surface area contributed by atoms with Crippen molar-refractivity contribution in [1.29, 1.82) is 0 Å². The lowest BCUT2D eigenvalue weighted by Gasteiger charge is -2.25. The fourth-order valence-electron chi connectivity index (χ4n) is 3.68. The van der Waals surface area contributed by atoms with E-state index in [-0.39, 0.29) is 36.1 Å². The molecule has 0 fully saturated rings. The number of aliphatic hydroxyl groups excluding tert-OH is 1. The number of hydrogen-bond acceptors (Lipinski definition) is 10. The van der Waals surface area contributed by atoms with E-state index in [9.17, 15) is 19.8 Å². The lowest BCUT2D eigenvalue weighted by molar-refractivity contribution is 0.0376. The first-order valence-corrected chi connectivity index (χ1v) is 11.8. The molecule has 0 aliphatic heterocycles. The van der Waals surface area contributed by atoms with Gasteiger partial charge < -0.3 is 25.0 Å². The van der Waals surface area contributed by atoms with E-state index in [1.165, 1.54) is 22.7 Å². The van der Waals surface area contributed by atoms with Crippen LogP contribution in [0.2, 0.25) is 0 Å². The summed E-state index contributed by atoms with van der Waals surface area (Å²) in [4.78, 5) is 30.4. The molecular formula is C24H30N8O6. The van der Waals surface area contributed by atoms with Crippen LogP contribution in [0.25, 0.3) is 16.7 Å². The Balaban J connectivity index is 1.79. The summed E-state index contributed by atoms with van der Waals surface area (Å²) in [7, 11) is 3.25. The number of carboxylic acid groups (broad SMARTS) is 1. The summed E-state index contributed by atoms with van der Waals surface area (Å²) in [5.41, 5.74) is 1.72. The molecule has 14 nitrogen and oxygen atoms in total. The van der Waals surface area contributed by atoms with E-state index in [0.717, 1.165) is 5.56 Å². The number of hydrogen-bond donors (Lipinski definition) is 3. The number of fused-ring (bicyclic) bond motifs is 2. The minimum Gasteiger partial charge on any atom is -0.477 e. The Labute approximate surface area is 217 Å². The molecular weight excluding hydrogens is 496 g/mol. The Morgan fingerprint density at radius 3 is 2.63 bits per heavy atom. The number of rotatable bonds is 8. The van der Waals surface area contributed by atoms with Gasteiger partial charge in [-0.2, -0.15) is 9.61 Å². The number of nitrogens with one attached hydrogen (secondary N) is 1. The van der Waals surface area contributed by atoms with Crippen LogP contribution in [0.15, 0.2) is 24.4 Å². The van der Waals surface area contributed by atoms with Gasteiger partial charge >= 0.3 is 12.1 Å². The highest BCUT2D eigenvalue weighted by molar-refractivity contribution is 5.96. The van der Waals surface area contributed by atoms with Crippen LogP contribution < -0.4 is 10.2 Å². The van der Waals surface area contributed by atoms with Crippen LogP contribution in [0.5, 0.6) is 0 Å². The number of carbonyl (C=O) groups excluding carboxylic acids is 1. The van der Waals surface area contributed by atoms with Gasteiger partial charge in [0.1, 0.15) is 28.3 Å². The number of aromatic nitrogens is 6. The second-order valence-electron chi connectivity index (χ2n) is 9.85. The number of carboxylic acids is 1. The first-order chi connectivity index (χ1) is 17.8. The molecule has 0 saturated carbocycles. The van der Waals surface area contributed by atoms with Crippen molar-refractivity contribution < 1.29 is 29.3 Å². The molecule has 0 bridgehead atoms. The van der Waals surface area contributed by atoms with Crippen LogP contribution in [0.1, 0.15) is 43.6 Å². The third-order valence-corrected chi connectivity index (χ3v) is 5.36. The van der Waals surface area contributed by atoms with E-state index in [0.29, 0.717) is 16.7 Å². The quantitative estimate of drug-likeness (QED) is 0.308. The first-order valence-electron chi connectivity index (χ1n) is 11.8. The zero-order chi connectivity index (χ0) is 27.8. The molecule has 1 aromatic carbocycles. The summed E-state index contributed by atoms with van der Waals surface area (Å²) >= 11 is 0. The van der Waals surface area contributed by atoms with Gasteiger partial charge in [0.2, 0.25) is 0 Å². The summed E-state index contributed by atoms with van der Waals surface area (Å²) < 4.78 is 13.9. The minimum absolute atomic E-state index is 0.0275. The third-order valence-electron chi connectivity index (χ3n) is 5.36. The number of aryl methyl sites for hydroxylation is 1. The standard InChI is InChI=1S/C24H30N8O6/c1-13(33)11-37-12-14-7-16(20-17(8-14)31(6)29-28-20)26-18-9-19(30(5)23(36)38-24(2,3)4)32-21(27-18)15(10-25-32)22(34)35/h7-10,13,33H,11-12H2,1-6H3,(H,26,27)(H,34,35)/t13-/m1/s1. The van der Waals surface area contributed by atoms with E-state index in [4.69, 9.17) is 9.47 Å². The van der Waals surface area contributed by atoms with Crippen molar-refractivity contribution in [2.75, 3.05) is 23.9 Å². The number of nitrogens with zero attached hydrogens (tertiary/aromatic N) is 7. The highest BCUT2D eigenvalue weighted by Crippen LogP contribution is 2.29. The maximum absolute atomic E-state index is 12.8. The second kappa shape index (κ2) is 10.2. The van der Waals surface area contributed by atoms with Gasteiger partial charge in [0.25, 0.3) is 0 Å². The first kappa shape index (κ1) is 26.8. The van der Waals surface area contributed by atoms with E-state index in [1.54, 1.807) is 51.6 Å². The molecule has 3 N–H and O–H groups in total. The lowest BCUT2D eigenvalue weighted by atomic mass is 10.1. The number of carbonyl (C=O) groups is 2. The molecule has 0 aliphatic rings. The van der Waals surface area contributed by atoms with Gasteiger partial charge in [0, 0.05) is 20.2 Å². The highest BCUT2D eigenvalue weighted by atomic mass is 16.6. The van der Waals surface area contributed by atoms with Crippen molar-refractivity contribution in [3.63, 3.8) is 0 Å². The Morgan fingerprint density at radius 2 is 1.97 bits per heavy atom. The van der Waals surface area contributed by atoms with Crippen molar-refractivity contribution in [3.8, 4) is 0 Å². The van der Waals surface area contributed by atoms with Gasteiger partial charge in [-0.15, -0.1) is 5.10 Å². The van der Waals surface area contributed by atoms with E-state index >= 15 is 0 Å². The van der Waals surface area contributed by atoms with Crippen molar-refractivity contribution in [1.82, 2.24) is 29.6 Å². The fraction of sp³-hybridized carbons (Fsp3) is 0.417. The van der Waals surface area contributed by atoms with Crippen LogP contribution in [-0.4, -0.2) is 77.2 Å². The average molecular weight is 527 g/mol. The Hall–Kier alpha value is -4.30. The topological polar surface area (TPSA) is 169 Å². The lowest BCUT2D eigenvalue weighted by Crippen LogP contribution is -2.35. The Morgan fingerprint density at radius 1 is 1.24 bits per heavy atom. The molecule has 0 radical (unpaired) electrons. The van der Waals surface area contributed by atoms with Gasteiger partial charge in [-0.05, 0) is 45.4 Å². The highest BCUT2D eigenvalue weighted by Gasteiger charge is 2.25. The van der Waals surface area contributed by atoms with E-state index in [1.807, 2.05) is 6.07 Å². The molecule has 0 saturated heterocycles. The molecule has 0 unspecified atom stereocenters. The molecule has 1 atom stereocenters. The SMILES string of the molecule is C[C@@H](O)COCc1cc(Nc2cc(N(C)C(=O)OC(C)(C)C)n3ncc(C(=O)O)c3n2)c2nnn(C)c2c1. The average Bonchev–Trinajstić information content (AvgIpc) is 3.41. The number of benzene rings is 1. The van der Waals surface area contributed by atoms with Crippen molar-refractivity contribution in [2.45, 2.75) is 46.0 Å². The van der Waals surface area contributed by atoms with Gasteiger partial charge in [0.15, 0.2) is 5.65 Å². The zero-order valence-corrected chi connectivity index (χ0v) is 22.0. The van der Waals surface area contributed by atoms with Crippen LogP contribution in [0, 0.1) is 0 Å². The molecule has 0 aliphatic carbocycles. The maximum atomic E-state index is 12.8. The third kappa shape index (κ3) is 5.65. The summed E-state index contributed by atoms with van der Waals surface area (Å²) in [6, 6.07) is 5.23. The van der Waals surface area contributed by atoms with Crippen LogP contribution >= 0.6 is 0 Å². The largest absolute Gasteiger partial charge is 0.477 e. The summed E-state index contributed by atoms with van der Waals surface area (Å²) in [5, 5.41) is 34.8. The molecule has 4 rings (SSSR count). The van der Waals surface area contributed by atoms with Gasteiger partial charge in [-0.1, -0.05) is 5.21 Å². The predicted molar refractivity (Wildman–Crippen MR) is 138 cm³/mol. The van der Waals surface area contributed by atoms with Crippen LogP contribution in [-0.2, 0) is 23.1 Å². The van der Waals surface area contributed by atoms with Crippen molar-refractivity contribution in [3.05, 3.63) is 35.5 Å². The van der Waals surface area contributed by atoms with Gasteiger partial charge in [-0.3, -0.25) is 4.90 Å². The molecule has 0 spiro atoms. The zero-order valence-electron chi connectivity index (χ0n) is 22.0. The smallest absolute Gasteiger partial charge is 0.415 e. The normalized spacial score (nSPS) is 12.6. The summed E-state index contributed by atoms with van der Waals surface area (Å²) in [6.45, 7) is 7.27. The van der Waals surface area contributed by atoms with Crippen molar-refractivity contribution >= 4 is 46.1 Å². The number of aliphatic hydroxyl groups is 1. The van der Waals surface area contributed by atoms with E-state index < -0.39 is 23.8 Å². The van der Waals surface area contributed by atoms with Gasteiger partial charge in [0.05, 0.1) is 36.7 Å². The minimum atomic E-state index is -1.22. The molecule has 14 heteroatoms. The second-order valence-corrected chi connectivity index (χ2v) is 9.85. The number of anilines is 3. The molecule has 1 amide bonds. The number of aromatic carboxylic acids is 1. The number of ether oxygens (including phenoxy) is 2. The predicted octanol–water partition coefficient (Wildman–Crippen LogP) is 2.72. The fourth-order valence-corrected chi connectivity index (χ4v) is 3.68. The van der Waals surface area contributed by atoms with Crippen LogP contribution in [0.3, 0.4) is 0 Å². The monoisotopic (exact) mass is 526 g/mol. The molecule has 3 heterocycles. The molecule has 38 heavy (non-hydrogen) atoms. The Kier molecular flexibility index (Phi) is 7.20. The summed E-state index contributed by atoms with van der Waals surface area (Å²) in [5.74, 6) is -0.755. The van der Waals surface area contributed by atoms with E-state index in [2.05, 4.69) is 25.7 Å². The van der Waals surface area contributed by atoms with Crippen molar-refractivity contribution in [2.24, 2.45) is 7.05 Å². The Bertz CT molecular complexity index is 1500. The summed E-state index contributed by atoms with van der Waals surface area (Å²) in [6.07, 6.45) is -0.0935.